The third kappa shape index (κ3) is 4.15. The number of nitrogens with one attached hydrogen (secondary N) is 2. The number of amides is 1. The molecule has 1 aromatic rings. The van der Waals surface area contributed by atoms with Crippen LogP contribution in [0.3, 0.4) is 0 Å². The number of aliphatic carboxylic acids is 1. The highest BCUT2D eigenvalue weighted by atomic mass is 16.4. The third-order valence-corrected chi connectivity index (χ3v) is 2.46. The fourth-order valence-corrected chi connectivity index (χ4v) is 1.59. The molecule has 100 valence electrons. The molecule has 1 unspecified atom stereocenters. The molecule has 0 fully saturated rings. The minimum atomic E-state index is -0.932. The summed E-state index contributed by atoms with van der Waals surface area (Å²) in [6.07, 6.45) is 1.98. The minimum absolute atomic E-state index is 0.0540. The predicted octanol–water partition coefficient (Wildman–Crippen LogP) is 0.740. The summed E-state index contributed by atoms with van der Waals surface area (Å²) in [6, 6.07) is -0.386. The van der Waals surface area contributed by atoms with E-state index in [-0.39, 0.29) is 18.3 Å². The van der Waals surface area contributed by atoms with Gasteiger partial charge in [-0.25, -0.2) is 4.98 Å². The van der Waals surface area contributed by atoms with Crippen LogP contribution in [0, 0.1) is 0 Å². The predicted molar refractivity (Wildman–Crippen MR) is 64.2 cm³/mol. The molecule has 0 radical (unpaired) electrons. The summed E-state index contributed by atoms with van der Waals surface area (Å²) in [6.45, 7) is 3.83. The average Bonchev–Trinajstić information content (AvgIpc) is 2.76. The van der Waals surface area contributed by atoms with Crippen molar-refractivity contribution in [3.63, 3.8) is 0 Å². The van der Waals surface area contributed by atoms with Crippen molar-refractivity contribution in [1.29, 1.82) is 0 Å². The lowest BCUT2D eigenvalue weighted by atomic mass is 10.1. The van der Waals surface area contributed by atoms with E-state index in [1.54, 1.807) is 0 Å². The van der Waals surface area contributed by atoms with Crippen LogP contribution in [0.2, 0.25) is 0 Å². The highest BCUT2D eigenvalue weighted by Gasteiger charge is 2.18. The van der Waals surface area contributed by atoms with Gasteiger partial charge < -0.3 is 10.4 Å². The average molecular weight is 254 g/mol. The molecule has 1 rings (SSSR count). The number of rotatable bonds is 7. The molecule has 1 amide bonds. The summed E-state index contributed by atoms with van der Waals surface area (Å²) in [5.74, 6) is -0.688. The van der Waals surface area contributed by atoms with Crippen LogP contribution in [0.1, 0.15) is 49.6 Å². The van der Waals surface area contributed by atoms with E-state index in [1.165, 1.54) is 0 Å². The number of carboxylic acid groups (broad SMARTS) is 1. The molecule has 0 aromatic carbocycles. The number of hydrogen-bond donors (Lipinski definition) is 3. The topological polar surface area (TPSA) is 108 Å². The van der Waals surface area contributed by atoms with E-state index in [9.17, 15) is 9.59 Å². The molecule has 7 nitrogen and oxygen atoms in total. The molecule has 0 saturated heterocycles. The summed E-state index contributed by atoms with van der Waals surface area (Å²) in [7, 11) is 0. The largest absolute Gasteiger partial charge is 0.481 e. The van der Waals surface area contributed by atoms with Crippen LogP contribution < -0.4 is 5.32 Å². The van der Waals surface area contributed by atoms with Crippen LogP contribution in [0.5, 0.6) is 0 Å². The van der Waals surface area contributed by atoms with Crippen molar-refractivity contribution in [2.45, 2.75) is 45.6 Å². The molecule has 3 N–H and O–H groups in total. The second-order valence-corrected chi connectivity index (χ2v) is 4.02. The number of aromatic amines is 1. The number of carbonyl (C=O) groups is 2. The molecular formula is C11H18N4O3. The van der Waals surface area contributed by atoms with Gasteiger partial charge in [-0.15, -0.1) is 5.10 Å². The van der Waals surface area contributed by atoms with Crippen LogP contribution in [0.15, 0.2) is 0 Å². The quantitative estimate of drug-likeness (QED) is 0.665. The molecule has 0 aliphatic carbocycles. The van der Waals surface area contributed by atoms with E-state index in [4.69, 9.17) is 5.11 Å². The van der Waals surface area contributed by atoms with Crippen LogP contribution in [-0.4, -0.2) is 38.2 Å². The summed E-state index contributed by atoms with van der Waals surface area (Å²) >= 11 is 0. The first kappa shape index (κ1) is 14.1. The normalized spacial score (nSPS) is 12.1. The number of carboxylic acids is 1. The van der Waals surface area contributed by atoms with E-state index in [1.807, 2.05) is 13.8 Å². The Morgan fingerprint density at radius 1 is 1.44 bits per heavy atom. The fourth-order valence-electron chi connectivity index (χ4n) is 1.59. The van der Waals surface area contributed by atoms with E-state index in [2.05, 4.69) is 20.5 Å². The van der Waals surface area contributed by atoms with Gasteiger partial charge in [-0.1, -0.05) is 20.3 Å². The maximum absolute atomic E-state index is 11.8. The Morgan fingerprint density at radius 3 is 2.67 bits per heavy atom. The second kappa shape index (κ2) is 6.73. The number of carbonyl (C=O) groups excluding carboxylic acids is 1. The summed E-state index contributed by atoms with van der Waals surface area (Å²) in [5, 5.41) is 17.8. The second-order valence-electron chi connectivity index (χ2n) is 4.02. The Morgan fingerprint density at radius 2 is 2.17 bits per heavy atom. The Balaban J connectivity index is 2.62. The number of hydrogen-bond acceptors (Lipinski definition) is 4. The molecule has 1 heterocycles. The van der Waals surface area contributed by atoms with Gasteiger partial charge in [0, 0.05) is 12.5 Å². The van der Waals surface area contributed by atoms with Crippen molar-refractivity contribution in [2.75, 3.05) is 0 Å². The van der Waals surface area contributed by atoms with Gasteiger partial charge in [0.25, 0.3) is 5.91 Å². The van der Waals surface area contributed by atoms with Gasteiger partial charge in [0.05, 0.1) is 6.42 Å². The smallest absolute Gasteiger partial charge is 0.305 e. The molecule has 0 spiro atoms. The maximum atomic E-state index is 11.8. The highest BCUT2D eigenvalue weighted by molar-refractivity contribution is 5.90. The van der Waals surface area contributed by atoms with Gasteiger partial charge in [-0.05, 0) is 6.42 Å². The standard InChI is InChI=1S/C11H18N4O3/c1-3-5-7(6-9(16)17)12-11(18)10-13-8(4-2)14-15-10/h7H,3-6H2,1-2H3,(H,12,18)(H,16,17)(H,13,14,15). The van der Waals surface area contributed by atoms with Crippen LogP contribution in [-0.2, 0) is 11.2 Å². The summed E-state index contributed by atoms with van der Waals surface area (Å²) < 4.78 is 0. The molecule has 0 aliphatic heterocycles. The molecule has 0 saturated carbocycles. The molecule has 18 heavy (non-hydrogen) atoms. The van der Waals surface area contributed by atoms with Gasteiger partial charge in [0.2, 0.25) is 5.82 Å². The first-order valence-corrected chi connectivity index (χ1v) is 6.00. The Hall–Kier alpha value is -1.92. The van der Waals surface area contributed by atoms with Gasteiger partial charge in [0.1, 0.15) is 5.82 Å². The van der Waals surface area contributed by atoms with Gasteiger partial charge in [-0.3, -0.25) is 14.7 Å². The monoisotopic (exact) mass is 254 g/mol. The number of nitrogens with zero attached hydrogens (tertiary/aromatic N) is 2. The molecule has 0 bridgehead atoms. The number of aromatic nitrogens is 3. The molecule has 7 heteroatoms. The lowest BCUT2D eigenvalue weighted by Gasteiger charge is -2.14. The van der Waals surface area contributed by atoms with Crippen molar-refractivity contribution in [3.8, 4) is 0 Å². The first-order chi connectivity index (χ1) is 8.56. The van der Waals surface area contributed by atoms with Crippen molar-refractivity contribution in [3.05, 3.63) is 11.6 Å². The summed E-state index contributed by atoms with van der Waals surface area (Å²) in [4.78, 5) is 26.5. The van der Waals surface area contributed by atoms with E-state index < -0.39 is 11.9 Å². The van der Waals surface area contributed by atoms with Crippen LogP contribution in [0.25, 0.3) is 0 Å². The Kier molecular flexibility index (Phi) is 5.29. The molecule has 1 atom stereocenters. The van der Waals surface area contributed by atoms with E-state index in [0.717, 1.165) is 6.42 Å². The Bertz CT molecular complexity index is 416. The SMILES string of the molecule is CCCC(CC(=O)O)NC(=O)c1n[nH]c(CC)n1. The number of H-pyrrole nitrogens is 1. The van der Waals surface area contributed by atoms with Crippen LogP contribution in [0.4, 0.5) is 0 Å². The summed E-state index contributed by atoms with van der Waals surface area (Å²) in [5.41, 5.74) is 0. The van der Waals surface area contributed by atoms with E-state index >= 15 is 0 Å². The lowest BCUT2D eigenvalue weighted by Crippen LogP contribution is -2.37. The van der Waals surface area contributed by atoms with Gasteiger partial charge in [0.15, 0.2) is 0 Å². The van der Waals surface area contributed by atoms with Gasteiger partial charge in [-0.2, -0.15) is 0 Å². The highest BCUT2D eigenvalue weighted by Crippen LogP contribution is 2.03. The Labute approximate surface area is 105 Å². The minimum Gasteiger partial charge on any atom is -0.481 e. The zero-order valence-electron chi connectivity index (χ0n) is 10.6. The van der Waals surface area contributed by atoms with Crippen molar-refractivity contribution in [2.24, 2.45) is 0 Å². The fraction of sp³-hybridized carbons (Fsp3) is 0.636. The molecular weight excluding hydrogens is 236 g/mol. The zero-order valence-corrected chi connectivity index (χ0v) is 10.6. The number of aryl methyl sites for hydroxylation is 1. The molecule has 1 aromatic heterocycles. The first-order valence-electron chi connectivity index (χ1n) is 6.00. The van der Waals surface area contributed by atoms with Crippen molar-refractivity contribution < 1.29 is 14.7 Å². The van der Waals surface area contributed by atoms with Crippen molar-refractivity contribution in [1.82, 2.24) is 20.5 Å². The third-order valence-electron chi connectivity index (χ3n) is 2.46. The maximum Gasteiger partial charge on any atom is 0.305 e. The van der Waals surface area contributed by atoms with Crippen LogP contribution >= 0.6 is 0 Å². The van der Waals surface area contributed by atoms with Gasteiger partial charge >= 0.3 is 5.97 Å². The molecule has 0 aliphatic rings. The lowest BCUT2D eigenvalue weighted by molar-refractivity contribution is -0.137. The van der Waals surface area contributed by atoms with E-state index in [0.29, 0.717) is 18.7 Å². The zero-order chi connectivity index (χ0) is 13.5. The van der Waals surface area contributed by atoms with Crippen molar-refractivity contribution >= 4 is 11.9 Å².